The third-order valence-electron chi connectivity index (χ3n) is 6.70. The molecule has 10 heteroatoms. The van der Waals surface area contributed by atoms with E-state index < -0.39 is 28.5 Å². The summed E-state index contributed by atoms with van der Waals surface area (Å²) in [7, 11) is -4.24. The Morgan fingerprint density at radius 3 is 2.15 bits per heavy atom. The quantitative estimate of drug-likeness (QED) is 0.258. The van der Waals surface area contributed by atoms with E-state index in [2.05, 4.69) is 5.32 Å². The van der Waals surface area contributed by atoms with Gasteiger partial charge in [0.25, 0.3) is 10.0 Å². The number of para-hydroxylation sites is 2. The van der Waals surface area contributed by atoms with E-state index in [4.69, 9.17) is 16.3 Å². The molecule has 220 valence electrons. The molecule has 1 N–H and O–H groups in total. The Labute approximate surface area is 248 Å². The van der Waals surface area contributed by atoms with Crippen LogP contribution in [0.1, 0.15) is 46.1 Å². The minimum Gasteiger partial charge on any atom is -0.492 e. The number of anilines is 1. The summed E-state index contributed by atoms with van der Waals surface area (Å²) in [6, 6.07) is 20.9. The predicted molar refractivity (Wildman–Crippen MR) is 163 cm³/mol. The largest absolute Gasteiger partial charge is 0.492 e. The van der Waals surface area contributed by atoms with Crippen LogP contribution < -0.4 is 14.4 Å². The summed E-state index contributed by atoms with van der Waals surface area (Å²) < 4.78 is 34.9. The van der Waals surface area contributed by atoms with Gasteiger partial charge in [-0.3, -0.25) is 13.9 Å². The highest BCUT2D eigenvalue weighted by molar-refractivity contribution is 7.92. The number of nitrogens with one attached hydrogen (secondary N) is 1. The van der Waals surface area contributed by atoms with E-state index in [1.807, 2.05) is 51.1 Å². The number of carbonyl (C=O) groups excluding carboxylic acids is 2. The van der Waals surface area contributed by atoms with Crippen LogP contribution in [-0.2, 0) is 26.2 Å². The van der Waals surface area contributed by atoms with Crippen LogP contribution in [0.25, 0.3) is 0 Å². The Balaban J connectivity index is 2.09. The number of ether oxygens (including phenoxy) is 1. The molecule has 3 aromatic carbocycles. The van der Waals surface area contributed by atoms with E-state index in [-0.39, 0.29) is 29.1 Å². The van der Waals surface area contributed by atoms with E-state index >= 15 is 0 Å². The molecule has 0 aromatic heterocycles. The summed E-state index contributed by atoms with van der Waals surface area (Å²) in [6.07, 6.45) is 1.08. The number of benzene rings is 3. The summed E-state index contributed by atoms with van der Waals surface area (Å²) in [5, 5.41) is 3.36. The number of hydrogen-bond donors (Lipinski definition) is 1. The van der Waals surface area contributed by atoms with E-state index in [1.54, 1.807) is 31.2 Å². The lowest BCUT2D eigenvalue weighted by molar-refractivity contribution is -0.140. The minimum absolute atomic E-state index is 0.0304. The Hall–Kier alpha value is -3.56. The summed E-state index contributed by atoms with van der Waals surface area (Å²) in [5.41, 5.74) is 1.03. The van der Waals surface area contributed by atoms with E-state index in [0.29, 0.717) is 23.8 Å². The van der Waals surface area contributed by atoms with Gasteiger partial charge in [-0.1, -0.05) is 67.9 Å². The molecule has 0 saturated heterocycles. The molecule has 0 fully saturated rings. The second kappa shape index (κ2) is 14.9. The van der Waals surface area contributed by atoms with Crippen molar-refractivity contribution in [1.82, 2.24) is 10.2 Å². The highest BCUT2D eigenvalue weighted by Crippen LogP contribution is 2.33. The van der Waals surface area contributed by atoms with Gasteiger partial charge in [0, 0.05) is 17.6 Å². The molecule has 3 rings (SSSR count). The average molecular weight is 600 g/mol. The molecule has 0 aliphatic carbocycles. The zero-order valence-electron chi connectivity index (χ0n) is 23.9. The Bertz CT molecular complexity index is 1400. The number of sulfonamides is 1. The van der Waals surface area contributed by atoms with Crippen molar-refractivity contribution < 1.29 is 22.7 Å². The molecule has 0 spiro atoms. The van der Waals surface area contributed by atoms with Gasteiger partial charge in [0.2, 0.25) is 11.8 Å². The van der Waals surface area contributed by atoms with Crippen LogP contribution in [0, 0.1) is 0 Å². The maximum absolute atomic E-state index is 14.2. The van der Waals surface area contributed by atoms with Crippen LogP contribution in [0.3, 0.4) is 0 Å². The summed E-state index contributed by atoms with van der Waals surface area (Å²) in [5.74, 6) is -0.492. The number of halogens is 1. The van der Waals surface area contributed by atoms with Gasteiger partial charge in [-0.2, -0.15) is 0 Å². The first-order valence-corrected chi connectivity index (χ1v) is 15.6. The fourth-order valence-electron chi connectivity index (χ4n) is 4.33. The van der Waals surface area contributed by atoms with Crippen LogP contribution >= 0.6 is 11.6 Å². The van der Waals surface area contributed by atoms with Crippen molar-refractivity contribution in [3.8, 4) is 5.75 Å². The maximum Gasteiger partial charge on any atom is 0.264 e. The zero-order chi connectivity index (χ0) is 30.0. The smallest absolute Gasteiger partial charge is 0.264 e. The molecule has 41 heavy (non-hydrogen) atoms. The minimum atomic E-state index is -4.24. The molecule has 0 saturated carbocycles. The average Bonchev–Trinajstić information content (AvgIpc) is 2.97. The third kappa shape index (κ3) is 8.24. The SMILES string of the molecule is CCOc1ccccc1N(CC(=O)N(Cc1ccccc1)[C@H](CC)C(=O)N[C@H](C)CC)S(=O)(=O)c1ccc(Cl)cc1. The number of amides is 2. The van der Waals surface area contributed by atoms with Crippen molar-refractivity contribution in [2.24, 2.45) is 0 Å². The van der Waals surface area contributed by atoms with Gasteiger partial charge in [0.05, 0.1) is 17.2 Å². The summed E-state index contributed by atoms with van der Waals surface area (Å²) in [6.45, 7) is 7.38. The lowest BCUT2D eigenvalue weighted by atomic mass is 10.1. The van der Waals surface area contributed by atoms with Crippen LogP contribution in [0.2, 0.25) is 5.02 Å². The highest BCUT2D eigenvalue weighted by atomic mass is 35.5. The third-order valence-corrected chi connectivity index (χ3v) is 8.72. The van der Waals surface area contributed by atoms with Crippen LogP contribution in [-0.4, -0.2) is 50.4 Å². The van der Waals surface area contributed by atoms with Crippen LogP contribution in [0.15, 0.2) is 83.8 Å². The van der Waals surface area contributed by atoms with Gasteiger partial charge < -0.3 is 15.0 Å². The van der Waals surface area contributed by atoms with Gasteiger partial charge in [0.15, 0.2) is 0 Å². The van der Waals surface area contributed by atoms with E-state index in [9.17, 15) is 18.0 Å². The first-order valence-electron chi connectivity index (χ1n) is 13.8. The fourth-order valence-corrected chi connectivity index (χ4v) is 5.88. The van der Waals surface area contributed by atoms with Gasteiger partial charge in [-0.15, -0.1) is 0 Å². The monoisotopic (exact) mass is 599 g/mol. The maximum atomic E-state index is 14.2. The normalized spacial score (nSPS) is 12.7. The summed E-state index contributed by atoms with van der Waals surface area (Å²) in [4.78, 5) is 29.0. The van der Waals surface area contributed by atoms with Gasteiger partial charge in [0.1, 0.15) is 18.3 Å². The van der Waals surface area contributed by atoms with Crippen molar-refractivity contribution in [2.45, 2.75) is 64.1 Å². The van der Waals surface area contributed by atoms with Gasteiger partial charge >= 0.3 is 0 Å². The first kappa shape index (κ1) is 32.0. The molecule has 0 aliphatic heterocycles. The zero-order valence-corrected chi connectivity index (χ0v) is 25.5. The lowest BCUT2D eigenvalue weighted by Crippen LogP contribution is -2.53. The fraction of sp³-hybridized carbons (Fsp3) is 0.355. The predicted octanol–water partition coefficient (Wildman–Crippen LogP) is 5.66. The Morgan fingerprint density at radius 1 is 0.902 bits per heavy atom. The summed E-state index contributed by atoms with van der Waals surface area (Å²) >= 11 is 6.03. The molecule has 0 aliphatic rings. The van der Waals surface area contributed by atoms with Crippen LogP contribution in [0.4, 0.5) is 5.69 Å². The number of nitrogens with zero attached hydrogens (tertiary/aromatic N) is 2. The van der Waals surface area contributed by atoms with Crippen molar-refractivity contribution in [3.63, 3.8) is 0 Å². The molecule has 0 unspecified atom stereocenters. The number of rotatable bonds is 14. The van der Waals surface area contributed by atoms with E-state index in [0.717, 1.165) is 16.3 Å². The van der Waals surface area contributed by atoms with Crippen LogP contribution in [0.5, 0.6) is 5.75 Å². The Kier molecular flexibility index (Phi) is 11.6. The van der Waals surface area contributed by atoms with Crippen molar-refractivity contribution in [3.05, 3.63) is 89.4 Å². The number of carbonyl (C=O) groups is 2. The molecule has 0 radical (unpaired) electrons. The number of hydrogen-bond acceptors (Lipinski definition) is 5. The first-order chi connectivity index (χ1) is 19.6. The Morgan fingerprint density at radius 2 is 1.54 bits per heavy atom. The van der Waals surface area contributed by atoms with Crippen molar-refractivity contribution >= 4 is 39.1 Å². The second-order valence-corrected chi connectivity index (χ2v) is 11.9. The molecule has 2 amide bonds. The molecule has 2 atom stereocenters. The molecule has 8 nitrogen and oxygen atoms in total. The second-order valence-electron chi connectivity index (χ2n) is 9.62. The topological polar surface area (TPSA) is 96.0 Å². The van der Waals surface area contributed by atoms with Gasteiger partial charge in [-0.25, -0.2) is 8.42 Å². The highest BCUT2D eigenvalue weighted by Gasteiger charge is 2.35. The van der Waals surface area contributed by atoms with E-state index in [1.165, 1.54) is 29.2 Å². The van der Waals surface area contributed by atoms with Crippen molar-refractivity contribution in [2.75, 3.05) is 17.5 Å². The molecule has 0 bridgehead atoms. The van der Waals surface area contributed by atoms with Crippen molar-refractivity contribution in [1.29, 1.82) is 0 Å². The molecular weight excluding hydrogens is 562 g/mol. The molecule has 0 heterocycles. The lowest BCUT2D eigenvalue weighted by Gasteiger charge is -2.34. The van der Waals surface area contributed by atoms with Gasteiger partial charge in [-0.05, 0) is 68.7 Å². The standard InChI is InChI=1S/C31H38ClN3O5S/c1-5-23(4)33-31(37)27(6-2)34(21-24-13-9-8-10-14-24)30(36)22-35(28-15-11-12-16-29(28)40-7-3)41(38,39)26-19-17-25(32)18-20-26/h8-20,23,27H,5-7,21-22H2,1-4H3,(H,33,37)/t23-,27-/m1/s1. The molecule has 3 aromatic rings. The molecular formula is C31H38ClN3O5S.